The van der Waals surface area contributed by atoms with Gasteiger partial charge in [-0.1, -0.05) is 12.1 Å². The van der Waals surface area contributed by atoms with Gasteiger partial charge in [0.15, 0.2) is 0 Å². The summed E-state index contributed by atoms with van der Waals surface area (Å²) in [6, 6.07) is 15.2. The van der Waals surface area contributed by atoms with Crippen LogP contribution in [0, 0.1) is 6.92 Å². The van der Waals surface area contributed by atoms with Crippen molar-refractivity contribution in [2.45, 2.75) is 13.5 Å². The quantitative estimate of drug-likeness (QED) is 0.296. The predicted molar refractivity (Wildman–Crippen MR) is 157 cm³/mol. The number of benzene rings is 1. The third-order valence-corrected chi connectivity index (χ3v) is 7.49. The summed E-state index contributed by atoms with van der Waals surface area (Å²) in [5.41, 5.74) is 4.33. The van der Waals surface area contributed by atoms with Crippen LogP contribution in [-0.2, 0) is 6.54 Å². The van der Waals surface area contributed by atoms with Gasteiger partial charge < -0.3 is 19.7 Å². The lowest BCUT2D eigenvalue weighted by atomic mass is 10.1. The summed E-state index contributed by atoms with van der Waals surface area (Å²) < 4.78 is 14.9. The number of likely N-dealkylation sites (N-methyl/N-ethyl adjacent to an activating group) is 1. The molecule has 1 aliphatic heterocycles. The summed E-state index contributed by atoms with van der Waals surface area (Å²) in [6.45, 7) is 8.21. The summed E-state index contributed by atoms with van der Waals surface area (Å²) in [4.78, 5) is 27.1. The molecule has 212 valence electrons. The maximum atomic E-state index is 13.4. The van der Waals surface area contributed by atoms with Gasteiger partial charge in [-0.25, -0.2) is 9.97 Å². The highest BCUT2D eigenvalue weighted by atomic mass is 16.5. The molecule has 0 bridgehead atoms. The average molecular weight is 555 g/mol. The van der Waals surface area contributed by atoms with Crippen molar-refractivity contribution < 1.29 is 14.3 Å². The zero-order chi connectivity index (χ0) is 28.3. The second-order valence-corrected chi connectivity index (χ2v) is 10.3. The van der Waals surface area contributed by atoms with E-state index in [0.717, 1.165) is 60.8 Å². The van der Waals surface area contributed by atoms with Gasteiger partial charge in [-0.15, -0.1) is 0 Å². The number of nitrogens with zero attached hydrogens (tertiary/aromatic N) is 7. The molecule has 1 aliphatic rings. The molecule has 6 rings (SSSR count). The molecule has 0 atom stereocenters. The molecule has 4 aromatic heterocycles. The first-order valence-electron chi connectivity index (χ1n) is 13.8. The lowest BCUT2D eigenvalue weighted by Crippen LogP contribution is -2.45. The van der Waals surface area contributed by atoms with Crippen molar-refractivity contribution in [1.82, 2.24) is 33.9 Å². The van der Waals surface area contributed by atoms with Crippen molar-refractivity contribution in [2.24, 2.45) is 0 Å². The molecule has 0 aliphatic carbocycles. The maximum Gasteiger partial charge on any atom is 0.274 e. The van der Waals surface area contributed by atoms with E-state index in [2.05, 4.69) is 32.1 Å². The Morgan fingerprint density at radius 1 is 1.07 bits per heavy atom. The fraction of sp³-hybridized carbons (Fsp3) is 0.333. The number of nitrogens with one attached hydrogen (secondary N) is 1. The molecule has 1 fully saturated rings. The zero-order valence-electron chi connectivity index (χ0n) is 23.6. The smallest absolute Gasteiger partial charge is 0.274 e. The van der Waals surface area contributed by atoms with E-state index in [1.54, 1.807) is 17.7 Å². The second-order valence-electron chi connectivity index (χ2n) is 10.3. The maximum absolute atomic E-state index is 13.4. The Labute approximate surface area is 238 Å². The van der Waals surface area contributed by atoms with Gasteiger partial charge in [-0.05, 0) is 38.2 Å². The van der Waals surface area contributed by atoms with Crippen molar-refractivity contribution >= 4 is 28.1 Å². The number of hydrogen-bond donors (Lipinski definition) is 1. The van der Waals surface area contributed by atoms with Crippen LogP contribution in [0.2, 0.25) is 0 Å². The number of anilines is 1. The molecule has 11 heteroatoms. The summed E-state index contributed by atoms with van der Waals surface area (Å²) in [6.07, 6.45) is 3.41. The first kappa shape index (κ1) is 26.7. The minimum Gasteiger partial charge on any atom is -0.492 e. The number of amides is 1. The van der Waals surface area contributed by atoms with Crippen LogP contribution in [0.15, 0.2) is 60.9 Å². The van der Waals surface area contributed by atoms with E-state index in [1.807, 2.05) is 66.3 Å². The fourth-order valence-electron chi connectivity index (χ4n) is 5.23. The number of aryl methyl sites for hydroxylation is 1. The minimum absolute atomic E-state index is 0.254. The Balaban J connectivity index is 1.16. The standard InChI is InChI=1S/C30H34N8O3/c1-21-29-24(7-5-8-25(29)38(34-21)20-22-6-4-9-28(32-22)40-3)33-30(39)26-19-31-27-18-23(10-11-37(26)27)41-17-16-36-14-12-35(2)13-15-36/h4-11,18-19H,12-17,20H2,1-3H3,(H,33,39). The van der Waals surface area contributed by atoms with E-state index >= 15 is 0 Å². The highest BCUT2D eigenvalue weighted by Gasteiger charge is 2.18. The highest BCUT2D eigenvalue weighted by molar-refractivity contribution is 6.08. The number of piperazine rings is 1. The summed E-state index contributed by atoms with van der Waals surface area (Å²) in [5.74, 6) is 1.04. The van der Waals surface area contributed by atoms with E-state index < -0.39 is 0 Å². The lowest BCUT2D eigenvalue weighted by molar-refractivity contribution is 0.102. The van der Waals surface area contributed by atoms with Gasteiger partial charge in [0.05, 0.1) is 42.4 Å². The summed E-state index contributed by atoms with van der Waals surface area (Å²) >= 11 is 0. The highest BCUT2D eigenvalue weighted by Crippen LogP contribution is 2.28. The van der Waals surface area contributed by atoms with Crippen LogP contribution in [0.4, 0.5) is 5.69 Å². The van der Waals surface area contributed by atoms with Gasteiger partial charge in [0, 0.05) is 56.4 Å². The van der Waals surface area contributed by atoms with Gasteiger partial charge >= 0.3 is 0 Å². The minimum atomic E-state index is -0.254. The van der Waals surface area contributed by atoms with Crippen LogP contribution in [-0.4, -0.2) is 93.3 Å². The Hall–Kier alpha value is -4.48. The largest absolute Gasteiger partial charge is 0.492 e. The molecule has 1 saturated heterocycles. The predicted octanol–water partition coefficient (Wildman–Crippen LogP) is 3.32. The van der Waals surface area contributed by atoms with Crippen LogP contribution in [0.1, 0.15) is 21.9 Å². The third-order valence-electron chi connectivity index (χ3n) is 7.49. The molecule has 0 saturated carbocycles. The number of rotatable bonds is 9. The van der Waals surface area contributed by atoms with Gasteiger partial charge in [0.2, 0.25) is 5.88 Å². The molecule has 0 unspecified atom stereocenters. The number of carbonyl (C=O) groups is 1. The molecular formula is C30H34N8O3. The Morgan fingerprint density at radius 3 is 2.73 bits per heavy atom. The Bertz CT molecular complexity index is 1690. The zero-order valence-corrected chi connectivity index (χ0v) is 23.6. The van der Waals surface area contributed by atoms with Crippen molar-refractivity contribution in [3.05, 3.63) is 78.0 Å². The van der Waals surface area contributed by atoms with E-state index in [0.29, 0.717) is 36.1 Å². The Morgan fingerprint density at radius 2 is 1.90 bits per heavy atom. The van der Waals surface area contributed by atoms with Gasteiger partial charge in [0.25, 0.3) is 5.91 Å². The topological polar surface area (TPSA) is 102 Å². The summed E-state index contributed by atoms with van der Waals surface area (Å²) in [7, 11) is 3.75. The molecule has 1 aromatic carbocycles. The number of methoxy groups -OCH3 is 1. The molecular weight excluding hydrogens is 520 g/mol. The second kappa shape index (κ2) is 11.6. The Kier molecular flexibility index (Phi) is 7.53. The number of fused-ring (bicyclic) bond motifs is 2. The van der Waals surface area contributed by atoms with E-state index in [4.69, 9.17) is 14.6 Å². The monoisotopic (exact) mass is 554 g/mol. The van der Waals surface area contributed by atoms with Gasteiger partial charge in [-0.2, -0.15) is 5.10 Å². The first-order chi connectivity index (χ1) is 20.0. The van der Waals surface area contributed by atoms with E-state index in [9.17, 15) is 4.79 Å². The molecule has 0 radical (unpaired) electrons. The molecule has 41 heavy (non-hydrogen) atoms. The molecule has 0 spiro atoms. The van der Waals surface area contributed by atoms with E-state index in [1.165, 1.54) is 0 Å². The average Bonchev–Trinajstić information content (AvgIpc) is 3.55. The van der Waals surface area contributed by atoms with Gasteiger partial charge in [0.1, 0.15) is 23.7 Å². The fourth-order valence-corrected chi connectivity index (χ4v) is 5.23. The van der Waals surface area contributed by atoms with Gasteiger partial charge in [-0.3, -0.25) is 18.8 Å². The van der Waals surface area contributed by atoms with Crippen LogP contribution in [0.5, 0.6) is 11.6 Å². The number of pyridine rings is 2. The van der Waals surface area contributed by atoms with E-state index in [-0.39, 0.29) is 5.91 Å². The molecule has 11 nitrogen and oxygen atoms in total. The van der Waals surface area contributed by atoms with Crippen molar-refractivity contribution in [3.8, 4) is 11.6 Å². The molecule has 1 N–H and O–H groups in total. The SMILES string of the molecule is COc1cccc(Cn2nc(C)c3c(NC(=O)c4cnc5cc(OCCN6CCN(C)CC6)ccn45)cccc32)n1. The normalized spacial score (nSPS) is 14.5. The molecule has 1 amide bonds. The van der Waals surface area contributed by atoms with Crippen LogP contribution < -0.4 is 14.8 Å². The molecule has 5 aromatic rings. The number of carbonyl (C=O) groups excluding carboxylic acids is 1. The van der Waals surface area contributed by atoms with Crippen molar-refractivity contribution in [1.29, 1.82) is 0 Å². The number of hydrogen-bond acceptors (Lipinski definition) is 8. The number of ether oxygens (including phenoxy) is 2. The van der Waals surface area contributed by atoms with Crippen molar-refractivity contribution in [3.63, 3.8) is 0 Å². The first-order valence-corrected chi connectivity index (χ1v) is 13.8. The lowest BCUT2D eigenvalue weighted by Gasteiger charge is -2.32. The summed E-state index contributed by atoms with van der Waals surface area (Å²) in [5, 5.41) is 8.69. The van der Waals surface area contributed by atoms with Crippen LogP contribution >= 0.6 is 0 Å². The van der Waals surface area contributed by atoms with Crippen molar-refractivity contribution in [2.75, 3.05) is 58.8 Å². The van der Waals surface area contributed by atoms with Crippen LogP contribution in [0.25, 0.3) is 16.6 Å². The number of aromatic nitrogens is 5. The molecule has 5 heterocycles. The third kappa shape index (κ3) is 5.72. The van der Waals surface area contributed by atoms with Crippen LogP contribution in [0.3, 0.4) is 0 Å². The number of imidazole rings is 1.